The lowest BCUT2D eigenvalue weighted by molar-refractivity contribution is 0.771. The van der Waals surface area contributed by atoms with Gasteiger partial charge in [-0.15, -0.1) is 0 Å². The molecule has 2 aliphatic carbocycles. The van der Waals surface area contributed by atoms with Crippen LogP contribution in [-0.2, 0) is 0 Å². The summed E-state index contributed by atoms with van der Waals surface area (Å²) in [6.07, 6.45) is 17.5. The molecule has 0 saturated carbocycles. The van der Waals surface area contributed by atoms with Crippen molar-refractivity contribution in [1.82, 2.24) is 0 Å². The van der Waals surface area contributed by atoms with Crippen LogP contribution in [0, 0.1) is 5.92 Å². The lowest BCUT2D eigenvalue weighted by Gasteiger charge is -2.16. The second-order valence-corrected chi connectivity index (χ2v) is 4.35. The summed E-state index contributed by atoms with van der Waals surface area (Å²) in [6, 6.07) is 0. The summed E-state index contributed by atoms with van der Waals surface area (Å²) in [7, 11) is 0. The lowest BCUT2D eigenvalue weighted by atomic mass is 9.89. The number of hydrogen-bond donors (Lipinski definition) is 0. The molecular formula is C14H20. The maximum Gasteiger partial charge on any atom is 0.0187 e. The molecule has 2 aliphatic rings. The Labute approximate surface area is 87.4 Å². The molecule has 0 fully saturated rings. The fourth-order valence-corrected chi connectivity index (χ4v) is 2.63. The molecule has 76 valence electrons. The summed E-state index contributed by atoms with van der Waals surface area (Å²) in [5.74, 6) is 0.657. The minimum atomic E-state index is 0.657. The zero-order valence-corrected chi connectivity index (χ0v) is 9.13. The molecule has 0 amide bonds. The molecule has 0 aromatic rings. The van der Waals surface area contributed by atoms with Gasteiger partial charge >= 0.3 is 0 Å². The molecule has 0 unspecified atom stereocenters. The highest BCUT2D eigenvalue weighted by Crippen LogP contribution is 2.35. The van der Waals surface area contributed by atoms with Gasteiger partial charge in [-0.3, -0.25) is 0 Å². The zero-order chi connectivity index (χ0) is 9.80. The maximum atomic E-state index is 2.46. The van der Waals surface area contributed by atoms with Gasteiger partial charge in [0.05, 0.1) is 0 Å². The van der Waals surface area contributed by atoms with E-state index < -0.39 is 0 Å². The third-order valence-electron chi connectivity index (χ3n) is 3.34. The van der Waals surface area contributed by atoms with Crippen molar-refractivity contribution in [2.75, 3.05) is 0 Å². The van der Waals surface area contributed by atoms with E-state index in [4.69, 9.17) is 0 Å². The second-order valence-electron chi connectivity index (χ2n) is 4.35. The van der Waals surface area contributed by atoms with Gasteiger partial charge in [0.1, 0.15) is 0 Å². The zero-order valence-electron chi connectivity index (χ0n) is 9.13. The molecule has 0 N–H and O–H groups in total. The fourth-order valence-electron chi connectivity index (χ4n) is 2.63. The van der Waals surface area contributed by atoms with Gasteiger partial charge in [0.2, 0.25) is 0 Å². The highest BCUT2D eigenvalue weighted by Gasteiger charge is 2.19. The quantitative estimate of drug-likeness (QED) is 0.576. The van der Waals surface area contributed by atoms with Gasteiger partial charge < -0.3 is 0 Å². The summed E-state index contributed by atoms with van der Waals surface area (Å²) < 4.78 is 0. The van der Waals surface area contributed by atoms with E-state index in [0.717, 1.165) is 0 Å². The van der Waals surface area contributed by atoms with Crippen molar-refractivity contribution in [3.63, 3.8) is 0 Å². The molecule has 0 bridgehead atoms. The fraction of sp³-hybridized carbons (Fsp3) is 0.571. The summed E-state index contributed by atoms with van der Waals surface area (Å²) in [5, 5.41) is 0. The SMILES string of the molecule is CC=CC(C1=CCCC1)C1=CCCC1. The van der Waals surface area contributed by atoms with E-state index in [1.165, 1.54) is 38.5 Å². The average Bonchev–Trinajstić information content (AvgIpc) is 2.87. The predicted molar refractivity (Wildman–Crippen MR) is 62.2 cm³/mol. The Kier molecular flexibility index (Phi) is 3.23. The highest BCUT2D eigenvalue weighted by atomic mass is 14.2. The van der Waals surface area contributed by atoms with Crippen LogP contribution in [0.3, 0.4) is 0 Å². The molecule has 2 rings (SSSR count). The molecule has 0 nitrogen and oxygen atoms in total. The van der Waals surface area contributed by atoms with Crippen molar-refractivity contribution in [1.29, 1.82) is 0 Å². The Hall–Kier alpha value is -0.780. The van der Waals surface area contributed by atoms with Crippen molar-refractivity contribution in [3.05, 3.63) is 35.5 Å². The molecule has 0 radical (unpaired) electrons. The van der Waals surface area contributed by atoms with Crippen molar-refractivity contribution < 1.29 is 0 Å². The maximum absolute atomic E-state index is 2.46. The number of allylic oxidation sites excluding steroid dienone is 6. The summed E-state index contributed by atoms with van der Waals surface area (Å²) in [4.78, 5) is 0. The van der Waals surface area contributed by atoms with E-state index in [1.807, 2.05) is 0 Å². The summed E-state index contributed by atoms with van der Waals surface area (Å²) >= 11 is 0. The molecule has 0 atom stereocenters. The van der Waals surface area contributed by atoms with Gasteiger partial charge in [-0.2, -0.15) is 0 Å². The molecule has 0 aromatic heterocycles. The predicted octanol–water partition coefficient (Wildman–Crippen LogP) is 4.40. The molecule has 0 spiro atoms. The topological polar surface area (TPSA) is 0 Å². The van der Waals surface area contributed by atoms with Gasteiger partial charge in [0, 0.05) is 5.92 Å². The third kappa shape index (κ3) is 2.00. The van der Waals surface area contributed by atoms with Crippen LogP contribution < -0.4 is 0 Å². The van der Waals surface area contributed by atoms with E-state index in [0.29, 0.717) is 5.92 Å². The van der Waals surface area contributed by atoms with Crippen LogP contribution >= 0.6 is 0 Å². The van der Waals surface area contributed by atoms with Crippen LogP contribution in [0.2, 0.25) is 0 Å². The highest BCUT2D eigenvalue weighted by molar-refractivity contribution is 5.30. The Morgan fingerprint density at radius 2 is 1.64 bits per heavy atom. The summed E-state index contributed by atoms with van der Waals surface area (Å²) in [5.41, 5.74) is 3.35. The monoisotopic (exact) mass is 188 g/mol. The van der Waals surface area contributed by atoms with Gasteiger partial charge in [0.15, 0.2) is 0 Å². The normalized spacial score (nSPS) is 22.1. The molecular weight excluding hydrogens is 168 g/mol. The van der Waals surface area contributed by atoms with Crippen LogP contribution in [0.15, 0.2) is 35.5 Å². The van der Waals surface area contributed by atoms with Crippen LogP contribution in [0.1, 0.15) is 45.4 Å². The van der Waals surface area contributed by atoms with E-state index in [1.54, 1.807) is 11.1 Å². The second kappa shape index (κ2) is 4.63. The first-order chi connectivity index (χ1) is 6.92. The van der Waals surface area contributed by atoms with E-state index >= 15 is 0 Å². The largest absolute Gasteiger partial charge is 0.0907 e. The van der Waals surface area contributed by atoms with Gasteiger partial charge in [-0.25, -0.2) is 0 Å². The first kappa shape index (κ1) is 9.76. The Morgan fingerprint density at radius 1 is 1.07 bits per heavy atom. The van der Waals surface area contributed by atoms with Crippen molar-refractivity contribution in [2.24, 2.45) is 5.92 Å². The molecule has 0 heterocycles. The van der Waals surface area contributed by atoms with Crippen molar-refractivity contribution in [3.8, 4) is 0 Å². The Morgan fingerprint density at radius 3 is 2.00 bits per heavy atom. The lowest BCUT2D eigenvalue weighted by Crippen LogP contribution is -2.01. The molecule has 0 heteroatoms. The molecule has 0 aromatic carbocycles. The van der Waals surface area contributed by atoms with Crippen LogP contribution in [0.4, 0.5) is 0 Å². The Balaban J connectivity index is 2.14. The van der Waals surface area contributed by atoms with Crippen molar-refractivity contribution >= 4 is 0 Å². The molecule has 0 aliphatic heterocycles. The van der Waals surface area contributed by atoms with E-state index in [9.17, 15) is 0 Å². The Bertz CT molecular complexity index is 254. The van der Waals surface area contributed by atoms with E-state index in [-0.39, 0.29) is 0 Å². The average molecular weight is 188 g/mol. The first-order valence-corrected chi connectivity index (χ1v) is 5.92. The van der Waals surface area contributed by atoms with Crippen LogP contribution in [0.25, 0.3) is 0 Å². The van der Waals surface area contributed by atoms with Gasteiger partial charge in [-0.05, 0) is 45.4 Å². The van der Waals surface area contributed by atoms with Gasteiger partial charge in [-0.1, -0.05) is 35.5 Å². The third-order valence-corrected chi connectivity index (χ3v) is 3.34. The summed E-state index contributed by atoms with van der Waals surface area (Å²) in [6.45, 7) is 2.14. The minimum absolute atomic E-state index is 0.657. The number of rotatable bonds is 3. The van der Waals surface area contributed by atoms with Gasteiger partial charge in [0.25, 0.3) is 0 Å². The molecule has 14 heavy (non-hydrogen) atoms. The minimum Gasteiger partial charge on any atom is -0.0907 e. The number of hydrogen-bond acceptors (Lipinski definition) is 0. The van der Waals surface area contributed by atoms with Crippen LogP contribution in [-0.4, -0.2) is 0 Å². The molecule has 0 saturated heterocycles. The van der Waals surface area contributed by atoms with E-state index in [2.05, 4.69) is 31.2 Å². The van der Waals surface area contributed by atoms with Crippen molar-refractivity contribution in [2.45, 2.75) is 45.4 Å². The van der Waals surface area contributed by atoms with Crippen LogP contribution in [0.5, 0.6) is 0 Å². The standard InChI is InChI=1S/C14H20/c1-2-7-14(12-8-3-4-9-12)13-10-5-6-11-13/h2,7-8,10,14H,3-6,9,11H2,1H3. The smallest absolute Gasteiger partial charge is 0.0187 e. The first-order valence-electron chi connectivity index (χ1n) is 5.92.